The van der Waals surface area contributed by atoms with Crippen molar-refractivity contribution in [1.82, 2.24) is 5.32 Å². The van der Waals surface area contributed by atoms with E-state index in [4.69, 9.17) is 0 Å². The summed E-state index contributed by atoms with van der Waals surface area (Å²) in [5.74, 6) is 0.934. The summed E-state index contributed by atoms with van der Waals surface area (Å²) in [4.78, 5) is 11.3. The van der Waals surface area contributed by atoms with Gasteiger partial charge in [-0.05, 0) is 32.3 Å². The van der Waals surface area contributed by atoms with Gasteiger partial charge in [-0.25, -0.2) is 0 Å². The van der Waals surface area contributed by atoms with E-state index in [9.17, 15) is 9.46 Å². The van der Waals surface area contributed by atoms with Crippen LogP contribution in [0, 0.1) is 0 Å². The van der Waals surface area contributed by atoms with Crippen molar-refractivity contribution < 1.29 is 39.0 Å². The summed E-state index contributed by atoms with van der Waals surface area (Å²) < 4.78 is 10.5. The minimum Gasteiger partial charge on any atom is -0.798 e. The third-order valence-corrected chi connectivity index (χ3v) is 6.22. The summed E-state index contributed by atoms with van der Waals surface area (Å²) in [6, 6.07) is 0. The fraction of sp³-hybridized carbons (Fsp3) is 1.00. The van der Waals surface area contributed by atoms with Gasteiger partial charge in [0.25, 0.3) is 0 Å². The van der Waals surface area contributed by atoms with Crippen LogP contribution in [0.25, 0.3) is 0 Å². The fourth-order valence-corrected chi connectivity index (χ4v) is 3.48. The van der Waals surface area contributed by atoms with Crippen molar-refractivity contribution in [2.45, 2.75) is 18.0 Å². The van der Waals surface area contributed by atoms with Crippen LogP contribution in [0.1, 0.15) is 13.3 Å². The molecule has 6 heteroatoms. The van der Waals surface area contributed by atoms with Crippen LogP contribution >= 0.6 is 19.1 Å². The maximum absolute atomic E-state index is 11.3. The summed E-state index contributed by atoms with van der Waals surface area (Å²) >= 11 is 1.49. The molecule has 0 bridgehead atoms. The average Bonchev–Trinajstić information content (AvgIpc) is 1.87. The zero-order chi connectivity index (χ0) is 8.54. The van der Waals surface area contributed by atoms with E-state index in [1.54, 1.807) is 6.92 Å². The molecule has 1 N–H and O–H groups in total. The van der Waals surface area contributed by atoms with Gasteiger partial charge in [-0.1, -0.05) is 0 Å². The van der Waals surface area contributed by atoms with Crippen LogP contribution in [0.15, 0.2) is 0 Å². The van der Waals surface area contributed by atoms with E-state index >= 15 is 0 Å². The third kappa shape index (κ3) is 3.02. The Balaban J connectivity index is 0.00000121. The molecule has 0 aromatic heterocycles. The van der Waals surface area contributed by atoms with Crippen LogP contribution in [0.4, 0.5) is 0 Å². The molecule has 66 valence electrons. The molecule has 1 heterocycles. The Morgan fingerprint density at radius 3 is 2.50 bits per heavy atom. The number of hydrogen-bond donors (Lipinski definition) is 1. The number of rotatable bonds is 1. The average molecular weight is 217 g/mol. The first-order valence-electron chi connectivity index (χ1n) is 3.63. The Kier molecular flexibility index (Phi) is 5.43. The second-order valence-electron chi connectivity index (χ2n) is 2.96. The van der Waals surface area contributed by atoms with Crippen LogP contribution < -0.4 is 39.8 Å². The molecule has 1 saturated heterocycles. The molecule has 0 spiro atoms. The molecular weight excluding hydrogens is 204 g/mol. The molecular formula is C6H13NNaO2PS. The Labute approximate surface area is 99.8 Å². The van der Waals surface area contributed by atoms with Crippen LogP contribution in [-0.2, 0) is 4.57 Å². The minimum absolute atomic E-state index is 0. The van der Waals surface area contributed by atoms with E-state index in [1.807, 2.05) is 0 Å². The Hall–Kier alpha value is 1.50. The van der Waals surface area contributed by atoms with Gasteiger partial charge >= 0.3 is 29.6 Å². The first-order valence-corrected chi connectivity index (χ1v) is 6.69. The van der Waals surface area contributed by atoms with E-state index in [-0.39, 0.29) is 29.6 Å². The standard InChI is InChI=1S/C6H14NO2PS.Na/c1-6(10(2,8)9)7-4-3-5-11-6;/h7H,3-5H2,1-2H3,(H,8,9);/q;+1/p-1. The fourth-order valence-electron chi connectivity index (χ4n) is 0.975. The largest absolute Gasteiger partial charge is 1.00 e. The molecule has 0 amide bonds. The second-order valence-corrected chi connectivity index (χ2v) is 7.36. The van der Waals surface area contributed by atoms with Crippen LogP contribution in [0.5, 0.6) is 0 Å². The number of thioether (sulfide) groups is 1. The van der Waals surface area contributed by atoms with E-state index < -0.39 is 12.0 Å². The first kappa shape index (κ1) is 13.5. The molecule has 1 aliphatic heterocycles. The van der Waals surface area contributed by atoms with Crippen molar-refractivity contribution >= 4 is 19.1 Å². The molecule has 0 aromatic carbocycles. The van der Waals surface area contributed by atoms with Gasteiger partial charge in [-0.2, -0.15) is 0 Å². The van der Waals surface area contributed by atoms with E-state index in [1.165, 1.54) is 18.4 Å². The predicted octanol–water partition coefficient (Wildman–Crippen LogP) is -2.34. The van der Waals surface area contributed by atoms with Gasteiger partial charge in [0.1, 0.15) is 4.61 Å². The zero-order valence-corrected chi connectivity index (χ0v) is 11.5. The Morgan fingerprint density at radius 1 is 1.67 bits per heavy atom. The van der Waals surface area contributed by atoms with Crippen molar-refractivity contribution in [3.05, 3.63) is 0 Å². The van der Waals surface area contributed by atoms with Crippen LogP contribution in [0.3, 0.4) is 0 Å². The van der Waals surface area contributed by atoms with Gasteiger partial charge in [0.2, 0.25) is 0 Å². The third-order valence-electron chi connectivity index (χ3n) is 1.93. The maximum atomic E-state index is 11.3. The molecule has 0 radical (unpaired) electrons. The van der Waals surface area contributed by atoms with Gasteiger partial charge in [-0.3, -0.25) is 5.32 Å². The maximum Gasteiger partial charge on any atom is 1.00 e. The van der Waals surface area contributed by atoms with Crippen molar-refractivity contribution in [1.29, 1.82) is 0 Å². The summed E-state index contributed by atoms with van der Waals surface area (Å²) in [6.45, 7) is 3.85. The molecule has 3 nitrogen and oxygen atoms in total. The monoisotopic (exact) mass is 217 g/mol. The minimum atomic E-state index is -3.25. The molecule has 0 aromatic rings. The topological polar surface area (TPSA) is 52.2 Å². The second kappa shape index (κ2) is 4.83. The summed E-state index contributed by atoms with van der Waals surface area (Å²) in [5, 5.41) is 3.02. The summed E-state index contributed by atoms with van der Waals surface area (Å²) in [6.07, 6.45) is 1.06. The molecule has 0 saturated carbocycles. The molecule has 1 fully saturated rings. The normalized spacial score (nSPS) is 34.9. The molecule has 1 rings (SSSR count). The van der Waals surface area contributed by atoms with Gasteiger partial charge in [0.15, 0.2) is 0 Å². The number of nitrogens with one attached hydrogen (secondary N) is 1. The van der Waals surface area contributed by atoms with E-state index in [0.29, 0.717) is 0 Å². The smallest absolute Gasteiger partial charge is 0.798 e. The number of hydrogen-bond acceptors (Lipinski definition) is 4. The van der Waals surface area contributed by atoms with Gasteiger partial charge < -0.3 is 9.46 Å². The Morgan fingerprint density at radius 2 is 2.25 bits per heavy atom. The molecule has 12 heavy (non-hydrogen) atoms. The van der Waals surface area contributed by atoms with Crippen LogP contribution in [0.2, 0.25) is 0 Å². The van der Waals surface area contributed by atoms with Crippen molar-refractivity contribution in [2.75, 3.05) is 19.0 Å². The van der Waals surface area contributed by atoms with Crippen molar-refractivity contribution in [3.63, 3.8) is 0 Å². The predicted molar refractivity (Wildman–Crippen MR) is 47.0 cm³/mol. The van der Waals surface area contributed by atoms with E-state index in [0.717, 1.165) is 18.7 Å². The molecule has 1 aliphatic rings. The molecule has 2 atom stereocenters. The molecule has 0 aliphatic carbocycles. The van der Waals surface area contributed by atoms with E-state index in [2.05, 4.69) is 5.32 Å². The summed E-state index contributed by atoms with van der Waals surface area (Å²) in [5.41, 5.74) is 0. The van der Waals surface area contributed by atoms with Crippen molar-refractivity contribution in [3.8, 4) is 0 Å². The Bertz CT molecular complexity index is 190. The summed E-state index contributed by atoms with van der Waals surface area (Å²) in [7, 11) is -3.25. The van der Waals surface area contributed by atoms with Crippen molar-refractivity contribution in [2.24, 2.45) is 0 Å². The first-order chi connectivity index (χ1) is 4.96. The quantitative estimate of drug-likeness (QED) is 0.395. The van der Waals surface area contributed by atoms with Gasteiger partial charge in [0, 0.05) is 7.37 Å². The zero-order valence-electron chi connectivity index (χ0n) is 7.79. The van der Waals surface area contributed by atoms with Gasteiger partial charge in [-0.15, -0.1) is 11.8 Å². The molecule has 2 unspecified atom stereocenters. The SMILES string of the molecule is CC1(P(C)(=O)[O-])NCCCS1.[Na+]. The van der Waals surface area contributed by atoms with Gasteiger partial charge in [0.05, 0.1) is 0 Å². The van der Waals surface area contributed by atoms with Crippen LogP contribution in [-0.4, -0.2) is 23.6 Å².